The fourth-order valence-electron chi connectivity index (χ4n) is 2.69. The summed E-state index contributed by atoms with van der Waals surface area (Å²) in [6, 6.07) is 6.47. The molecular formula is C14H24N4. The van der Waals surface area contributed by atoms with Gasteiger partial charge in [-0.25, -0.2) is 0 Å². The average Bonchev–Trinajstić information content (AvgIpc) is 2.42. The van der Waals surface area contributed by atoms with Gasteiger partial charge in [0.1, 0.15) is 0 Å². The summed E-state index contributed by atoms with van der Waals surface area (Å²) in [4.78, 5) is 7.01. The molecule has 0 spiro atoms. The molecule has 0 saturated carbocycles. The van der Waals surface area contributed by atoms with Crippen LogP contribution in [0.2, 0.25) is 0 Å². The summed E-state index contributed by atoms with van der Waals surface area (Å²) in [7, 11) is 2.02. The molecule has 0 aliphatic carbocycles. The highest BCUT2D eigenvalue weighted by atomic mass is 15.2. The van der Waals surface area contributed by atoms with Gasteiger partial charge in [-0.3, -0.25) is 4.98 Å². The molecule has 18 heavy (non-hydrogen) atoms. The topological polar surface area (TPSA) is 40.2 Å². The zero-order valence-corrected chi connectivity index (χ0v) is 11.4. The molecule has 1 saturated heterocycles. The maximum atomic E-state index is 4.47. The molecule has 4 nitrogen and oxygen atoms in total. The lowest BCUT2D eigenvalue weighted by molar-refractivity contribution is 0.191. The number of nitrogens with zero attached hydrogens (tertiary/aromatic N) is 2. The van der Waals surface area contributed by atoms with Crippen LogP contribution in [0, 0.1) is 5.92 Å². The van der Waals surface area contributed by atoms with Crippen LogP contribution < -0.4 is 10.6 Å². The smallest absolute Gasteiger partial charge is 0.0576 e. The van der Waals surface area contributed by atoms with Gasteiger partial charge in [-0.15, -0.1) is 0 Å². The number of rotatable bonds is 5. The molecule has 2 unspecified atom stereocenters. The van der Waals surface area contributed by atoms with Gasteiger partial charge in [0, 0.05) is 38.9 Å². The summed E-state index contributed by atoms with van der Waals surface area (Å²) in [5.41, 5.74) is 1.14. The van der Waals surface area contributed by atoms with E-state index in [1.54, 1.807) is 0 Å². The second-order valence-electron chi connectivity index (χ2n) is 5.05. The summed E-state index contributed by atoms with van der Waals surface area (Å²) in [5, 5.41) is 6.80. The van der Waals surface area contributed by atoms with Crippen molar-refractivity contribution in [3.8, 4) is 0 Å². The Kier molecular flexibility index (Phi) is 5.11. The molecule has 0 amide bonds. The number of pyridine rings is 1. The molecule has 1 aromatic rings. The monoisotopic (exact) mass is 248 g/mol. The second kappa shape index (κ2) is 6.83. The third-order valence-corrected chi connectivity index (χ3v) is 3.64. The van der Waals surface area contributed by atoms with Gasteiger partial charge in [-0.1, -0.05) is 13.0 Å². The third kappa shape index (κ3) is 3.51. The van der Waals surface area contributed by atoms with Crippen LogP contribution in [0.1, 0.15) is 18.7 Å². The van der Waals surface area contributed by atoms with Crippen molar-refractivity contribution in [2.45, 2.75) is 13.0 Å². The molecule has 0 radical (unpaired) electrons. The molecular weight excluding hydrogens is 224 g/mol. The minimum atomic E-state index is 0.334. The lowest BCUT2D eigenvalue weighted by Crippen LogP contribution is -2.46. The fraction of sp³-hybridized carbons (Fsp3) is 0.643. The normalized spacial score (nSPS) is 20.6. The lowest BCUT2D eigenvalue weighted by Gasteiger charge is -2.32. The van der Waals surface area contributed by atoms with Crippen molar-refractivity contribution in [3.05, 3.63) is 30.1 Å². The van der Waals surface area contributed by atoms with Gasteiger partial charge in [0.2, 0.25) is 0 Å². The molecule has 4 heteroatoms. The van der Waals surface area contributed by atoms with E-state index in [2.05, 4.69) is 39.6 Å². The average molecular weight is 248 g/mol. The zero-order valence-electron chi connectivity index (χ0n) is 11.4. The maximum absolute atomic E-state index is 4.47. The molecule has 0 aromatic carbocycles. The van der Waals surface area contributed by atoms with E-state index in [1.165, 1.54) is 0 Å². The minimum Gasteiger partial charge on any atom is -0.314 e. The van der Waals surface area contributed by atoms with E-state index >= 15 is 0 Å². The highest BCUT2D eigenvalue weighted by Crippen LogP contribution is 2.20. The first kappa shape index (κ1) is 13.5. The van der Waals surface area contributed by atoms with Crippen LogP contribution in [-0.4, -0.2) is 49.7 Å². The Morgan fingerprint density at radius 2 is 2.17 bits per heavy atom. The van der Waals surface area contributed by atoms with E-state index < -0.39 is 0 Å². The molecule has 2 atom stereocenters. The van der Waals surface area contributed by atoms with Crippen LogP contribution >= 0.6 is 0 Å². The van der Waals surface area contributed by atoms with Crippen molar-refractivity contribution in [2.24, 2.45) is 5.92 Å². The molecule has 1 aromatic heterocycles. The Bertz CT molecular complexity index is 335. The standard InChI is InChI=1S/C14H24N4/c1-12(11-18-9-7-16-8-10-18)14(15-2)13-5-3-4-6-17-13/h3-6,12,14-16H,7-11H2,1-2H3. The van der Waals surface area contributed by atoms with Gasteiger partial charge in [0.05, 0.1) is 11.7 Å². The first-order chi connectivity index (χ1) is 8.81. The van der Waals surface area contributed by atoms with E-state index in [9.17, 15) is 0 Å². The van der Waals surface area contributed by atoms with Crippen LogP contribution in [0.3, 0.4) is 0 Å². The minimum absolute atomic E-state index is 0.334. The summed E-state index contributed by atoms with van der Waals surface area (Å²) >= 11 is 0. The van der Waals surface area contributed by atoms with Crippen LogP contribution in [0.4, 0.5) is 0 Å². The summed E-state index contributed by atoms with van der Waals surface area (Å²) in [6.07, 6.45) is 1.87. The maximum Gasteiger partial charge on any atom is 0.0576 e. The molecule has 1 aliphatic rings. The van der Waals surface area contributed by atoms with Crippen LogP contribution in [0.5, 0.6) is 0 Å². The number of aromatic nitrogens is 1. The van der Waals surface area contributed by atoms with Crippen molar-refractivity contribution < 1.29 is 0 Å². The van der Waals surface area contributed by atoms with Gasteiger partial charge in [0.25, 0.3) is 0 Å². The van der Waals surface area contributed by atoms with E-state index in [0.717, 1.165) is 38.4 Å². The van der Waals surface area contributed by atoms with Crippen LogP contribution in [0.15, 0.2) is 24.4 Å². The summed E-state index contributed by atoms with van der Waals surface area (Å²) in [5.74, 6) is 0.558. The number of nitrogens with one attached hydrogen (secondary N) is 2. The Labute approximate surface area is 110 Å². The molecule has 1 fully saturated rings. The Morgan fingerprint density at radius 1 is 1.39 bits per heavy atom. The highest BCUT2D eigenvalue weighted by Gasteiger charge is 2.21. The molecule has 2 rings (SSSR count). The van der Waals surface area contributed by atoms with Crippen molar-refractivity contribution in [3.63, 3.8) is 0 Å². The summed E-state index contributed by atoms with van der Waals surface area (Å²) < 4.78 is 0. The number of hydrogen-bond donors (Lipinski definition) is 2. The predicted octanol–water partition coefficient (Wildman–Crippen LogP) is 0.883. The zero-order chi connectivity index (χ0) is 12.8. The molecule has 2 N–H and O–H groups in total. The quantitative estimate of drug-likeness (QED) is 0.812. The largest absolute Gasteiger partial charge is 0.314 e. The summed E-state index contributed by atoms with van der Waals surface area (Å²) in [6.45, 7) is 7.97. The van der Waals surface area contributed by atoms with Gasteiger partial charge < -0.3 is 15.5 Å². The van der Waals surface area contributed by atoms with Crippen molar-refractivity contribution in [2.75, 3.05) is 39.8 Å². The third-order valence-electron chi connectivity index (χ3n) is 3.64. The van der Waals surface area contributed by atoms with E-state index in [1.807, 2.05) is 19.3 Å². The van der Waals surface area contributed by atoms with Crippen molar-refractivity contribution >= 4 is 0 Å². The molecule has 2 heterocycles. The van der Waals surface area contributed by atoms with Gasteiger partial charge in [-0.2, -0.15) is 0 Å². The van der Waals surface area contributed by atoms with Crippen molar-refractivity contribution in [1.29, 1.82) is 0 Å². The predicted molar refractivity (Wildman–Crippen MR) is 74.5 cm³/mol. The highest BCUT2D eigenvalue weighted by molar-refractivity contribution is 5.09. The van der Waals surface area contributed by atoms with E-state index in [4.69, 9.17) is 0 Å². The first-order valence-corrected chi connectivity index (χ1v) is 6.82. The van der Waals surface area contributed by atoms with E-state index in [-0.39, 0.29) is 0 Å². The lowest BCUT2D eigenvalue weighted by atomic mass is 9.97. The van der Waals surface area contributed by atoms with Crippen LogP contribution in [0.25, 0.3) is 0 Å². The van der Waals surface area contributed by atoms with Gasteiger partial charge in [-0.05, 0) is 25.1 Å². The molecule has 0 bridgehead atoms. The Morgan fingerprint density at radius 3 is 2.78 bits per heavy atom. The Balaban J connectivity index is 1.94. The molecule has 100 valence electrons. The van der Waals surface area contributed by atoms with Gasteiger partial charge in [0.15, 0.2) is 0 Å². The SMILES string of the molecule is CNC(c1ccccn1)C(C)CN1CCNCC1. The fourth-order valence-corrected chi connectivity index (χ4v) is 2.69. The Hall–Kier alpha value is -0.970. The first-order valence-electron chi connectivity index (χ1n) is 6.82. The van der Waals surface area contributed by atoms with E-state index in [0.29, 0.717) is 12.0 Å². The molecule has 1 aliphatic heterocycles. The number of hydrogen-bond acceptors (Lipinski definition) is 4. The second-order valence-corrected chi connectivity index (χ2v) is 5.05. The van der Waals surface area contributed by atoms with Crippen LogP contribution in [-0.2, 0) is 0 Å². The number of piperazine rings is 1. The van der Waals surface area contributed by atoms with Crippen molar-refractivity contribution in [1.82, 2.24) is 20.5 Å². The van der Waals surface area contributed by atoms with Gasteiger partial charge >= 0.3 is 0 Å².